The molecule has 0 bridgehead atoms. The normalized spacial score (nSPS) is 10.1. The molecule has 0 saturated heterocycles. The predicted octanol–water partition coefficient (Wildman–Crippen LogP) is 4.04. The van der Waals surface area contributed by atoms with E-state index in [4.69, 9.17) is 27.9 Å². The van der Waals surface area contributed by atoms with Crippen LogP contribution in [-0.4, -0.2) is 25.5 Å². The van der Waals surface area contributed by atoms with Crippen LogP contribution in [0.25, 0.3) is 0 Å². The SMILES string of the molecule is COC(=O)c1ccc(OCC(=O)c2ccc(Cl)c(Cl)c2)cc1. The van der Waals surface area contributed by atoms with Crippen LogP contribution >= 0.6 is 23.2 Å². The maximum Gasteiger partial charge on any atom is 0.337 e. The lowest BCUT2D eigenvalue weighted by Crippen LogP contribution is -2.11. The summed E-state index contributed by atoms with van der Waals surface area (Å²) in [6.45, 7) is -0.143. The molecule has 22 heavy (non-hydrogen) atoms. The summed E-state index contributed by atoms with van der Waals surface area (Å²) < 4.78 is 9.98. The number of hydrogen-bond acceptors (Lipinski definition) is 4. The zero-order chi connectivity index (χ0) is 16.1. The minimum Gasteiger partial charge on any atom is -0.485 e. The topological polar surface area (TPSA) is 52.6 Å². The van der Waals surface area contributed by atoms with Crippen LogP contribution in [0.15, 0.2) is 42.5 Å². The maximum absolute atomic E-state index is 12.0. The van der Waals surface area contributed by atoms with Crippen LogP contribution in [0, 0.1) is 0 Å². The highest BCUT2D eigenvalue weighted by Gasteiger charge is 2.10. The highest BCUT2D eigenvalue weighted by molar-refractivity contribution is 6.42. The van der Waals surface area contributed by atoms with Gasteiger partial charge in [0.2, 0.25) is 0 Å². The van der Waals surface area contributed by atoms with Gasteiger partial charge in [-0.25, -0.2) is 4.79 Å². The number of hydrogen-bond donors (Lipinski definition) is 0. The van der Waals surface area contributed by atoms with Crippen molar-refractivity contribution in [2.24, 2.45) is 0 Å². The fraction of sp³-hybridized carbons (Fsp3) is 0.125. The Balaban J connectivity index is 1.98. The summed E-state index contributed by atoms with van der Waals surface area (Å²) in [4.78, 5) is 23.3. The van der Waals surface area contributed by atoms with Crippen LogP contribution in [0.1, 0.15) is 20.7 Å². The van der Waals surface area contributed by atoms with Gasteiger partial charge < -0.3 is 9.47 Å². The monoisotopic (exact) mass is 338 g/mol. The van der Waals surface area contributed by atoms with Gasteiger partial charge in [0.1, 0.15) is 5.75 Å². The molecule has 0 aromatic heterocycles. The number of carbonyl (C=O) groups excluding carboxylic acids is 2. The van der Waals surface area contributed by atoms with Crippen LogP contribution in [0.3, 0.4) is 0 Å². The minimum atomic E-state index is -0.432. The zero-order valence-corrected chi connectivity index (χ0v) is 13.1. The molecule has 0 heterocycles. The second-order valence-corrected chi connectivity index (χ2v) is 5.17. The lowest BCUT2D eigenvalue weighted by atomic mass is 10.1. The Bertz CT molecular complexity index is 696. The second kappa shape index (κ2) is 7.29. The van der Waals surface area contributed by atoms with Gasteiger partial charge in [-0.05, 0) is 42.5 Å². The molecule has 114 valence electrons. The first-order valence-corrected chi connectivity index (χ1v) is 7.06. The summed E-state index contributed by atoms with van der Waals surface area (Å²) in [5, 5.41) is 0.701. The molecule has 2 aromatic rings. The largest absolute Gasteiger partial charge is 0.485 e. The van der Waals surface area contributed by atoms with Crippen LogP contribution < -0.4 is 4.74 Å². The first-order valence-electron chi connectivity index (χ1n) is 6.30. The van der Waals surface area contributed by atoms with E-state index < -0.39 is 5.97 Å². The first-order chi connectivity index (χ1) is 10.5. The van der Waals surface area contributed by atoms with Crippen LogP contribution in [0.2, 0.25) is 10.0 Å². The van der Waals surface area contributed by atoms with Gasteiger partial charge in [0.25, 0.3) is 0 Å². The number of rotatable bonds is 5. The standard InChI is InChI=1S/C16H12Cl2O4/c1-21-16(20)10-2-5-12(6-3-10)22-9-15(19)11-4-7-13(17)14(18)8-11/h2-8H,9H2,1H3. The molecule has 0 amide bonds. The van der Waals surface area contributed by atoms with Crippen molar-refractivity contribution in [3.8, 4) is 5.75 Å². The van der Waals surface area contributed by atoms with Gasteiger partial charge in [0.05, 0.1) is 22.7 Å². The lowest BCUT2D eigenvalue weighted by Gasteiger charge is -2.07. The third-order valence-electron chi connectivity index (χ3n) is 2.89. The molecule has 0 N–H and O–H groups in total. The Kier molecular flexibility index (Phi) is 5.41. The average Bonchev–Trinajstić information content (AvgIpc) is 2.54. The number of ketones is 1. The van der Waals surface area contributed by atoms with Crippen molar-refractivity contribution in [2.75, 3.05) is 13.7 Å². The molecule has 4 nitrogen and oxygen atoms in total. The van der Waals surface area contributed by atoms with E-state index in [1.807, 2.05) is 0 Å². The van der Waals surface area contributed by atoms with Crippen molar-refractivity contribution in [3.63, 3.8) is 0 Å². The summed E-state index contributed by atoms with van der Waals surface area (Å²) in [5.41, 5.74) is 0.825. The zero-order valence-electron chi connectivity index (χ0n) is 11.6. The number of carbonyl (C=O) groups is 2. The van der Waals surface area contributed by atoms with E-state index in [9.17, 15) is 9.59 Å². The van der Waals surface area contributed by atoms with Crippen LogP contribution in [0.5, 0.6) is 5.75 Å². The second-order valence-electron chi connectivity index (χ2n) is 4.36. The van der Waals surface area contributed by atoms with Gasteiger partial charge in [0, 0.05) is 5.56 Å². The number of methoxy groups -OCH3 is 1. The van der Waals surface area contributed by atoms with Crippen molar-refractivity contribution in [1.82, 2.24) is 0 Å². The quantitative estimate of drug-likeness (QED) is 0.609. The summed E-state index contributed by atoms with van der Waals surface area (Å²) in [7, 11) is 1.31. The molecule has 0 aliphatic carbocycles. The van der Waals surface area contributed by atoms with E-state index in [-0.39, 0.29) is 12.4 Å². The van der Waals surface area contributed by atoms with Crippen molar-refractivity contribution >= 4 is 35.0 Å². The average molecular weight is 339 g/mol. The number of halogens is 2. The van der Waals surface area contributed by atoms with Gasteiger partial charge in [0.15, 0.2) is 12.4 Å². The van der Waals surface area contributed by atoms with Gasteiger partial charge in [-0.15, -0.1) is 0 Å². The number of Topliss-reactive ketones (excluding diaryl/α,β-unsaturated/α-hetero) is 1. The molecule has 0 spiro atoms. The molecule has 0 atom stereocenters. The van der Waals surface area contributed by atoms with E-state index in [1.54, 1.807) is 36.4 Å². The Hall–Kier alpha value is -2.04. The fourth-order valence-corrected chi connectivity index (χ4v) is 2.00. The van der Waals surface area contributed by atoms with Gasteiger partial charge in [-0.3, -0.25) is 4.79 Å². The Labute approximate surface area is 137 Å². The van der Waals surface area contributed by atoms with Crippen LogP contribution in [0.4, 0.5) is 0 Å². The molecule has 0 unspecified atom stereocenters. The molecule has 0 saturated carbocycles. The Morgan fingerprint density at radius 1 is 0.955 bits per heavy atom. The molecule has 0 fully saturated rings. The molecule has 6 heteroatoms. The van der Waals surface area contributed by atoms with Crippen molar-refractivity contribution < 1.29 is 19.1 Å². The van der Waals surface area contributed by atoms with E-state index in [0.717, 1.165) is 0 Å². The van der Waals surface area contributed by atoms with Crippen LogP contribution in [-0.2, 0) is 4.74 Å². The fourth-order valence-electron chi connectivity index (χ4n) is 1.71. The number of benzene rings is 2. The molecular weight excluding hydrogens is 327 g/mol. The summed E-state index contributed by atoms with van der Waals surface area (Å²) in [6.07, 6.45) is 0. The van der Waals surface area contributed by atoms with E-state index in [2.05, 4.69) is 4.74 Å². The molecular formula is C16H12Cl2O4. The summed E-state index contributed by atoms with van der Waals surface area (Å²) >= 11 is 11.7. The molecule has 0 radical (unpaired) electrons. The molecule has 0 aliphatic rings. The van der Waals surface area contributed by atoms with E-state index in [0.29, 0.717) is 26.9 Å². The third kappa shape index (κ3) is 4.00. The highest BCUT2D eigenvalue weighted by Crippen LogP contribution is 2.23. The molecule has 0 aliphatic heterocycles. The molecule has 2 aromatic carbocycles. The third-order valence-corrected chi connectivity index (χ3v) is 3.63. The van der Waals surface area contributed by atoms with E-state index >= 15 is 0 Å². The van der Waals surface area contributed by atoms with Crippen molar-refractivity contribution in [1.29, 1.82) is 0 Å². The van der Waals surface area contributed by atoms with Gasteiger partial charge in [-0.1, -0.05) is 23.2 Å². The van der Waals surface area contributed by atoms with E-state index in [1.165, 1.54) is 13.2 Å². The first kappa shape index (κ1) is 16.3. The molecule has 2 rings (SSSR count). The van der Waals surface area contributed by atoms with Crippen molar-refractivity contribution in [2.45, 2.75) is 0 Å². The Morgan fingerprint density at radius 3 is 2.18 bits per heavy atom. The Morgan fingerprint density at radius 2 is 1.59 bits per heavy atom. The van der Waals surface area contributed by atoms with Crippen molar-refractivity contribution in [3.05, 3.63) is 63.6 Å². The summed E-state index contributed by atoms with van der Waals surface area (Å²) in [5.74, 6) is -0.185. The lowest BCUT2D eigenvalue weighted by molar-refractivity contribution is 0.0600. The number of ether oxygens (including phenoxy) is 2. The smallest absolute Gasteiger partial charge is 0.337 e. The highest BCUT2D eigenvalue weighted by atomic mass is 35.5. The number of esters is 1. The van der Waals surface area contributed by atoms with Gasteiger partial charge in [-0.2, -0.15) is 0 Å². The minimum absolute atomic E-state index is 0.143. The van der Waals surface area contributed by atoms with Gasteiger partial charge >= 0.3 is 5.97 Å². The maximum atomic E-state index is 12.0. The summed E-state index contributed by atoms with van der Waals surface area (Å²) in [6, 6.07) is 10.9. The predicted molar refractivity (Wildman–Crippen MR) is 84.1 cm³/mol.